The predicted octanol–water partition coefficient (Wildman–Crippen LogP) is 2.78. The van der Waals surface area contributed by atoms with Gasteiger partial charge in [-0.1, -0.05) is 35.9 Å². The Morgan fingerprint density at radius 2 is 1.75 bits per heavy atom. The molecule has 1 amide bonds. The summed E-state index contributed by atoms with van der Waals surface area (Å²) in [5.74, 6) is -0.793. The van der Waals surface area contributed by atoms with Gasteiger partial charge in [0.1, 0.15) is 0 Å². The fraction of sp³-hybridized carbons (Fsp3) is 0.222. The second-order valence-electron chi connectivity index (χ2n) is 5.95. The zero-order chi connectivity index (χ0) is 20.9. The minimum Gasteiger partial charge on any atom is -0.272 e. The molecule has 10 heteroatoms. The number of benzene rings is 2. The fourth-order valence-electron chi connectivity index (χ4n) is 2.25. The molecular weight excluding hydrogens is 395 g/mol. The number of likely N-dealkylation sites (N-methyl/N-ethyl adjacent to an activating group) is 1. The van der Waals surface area contributed by atoms with Gasteiger partial charge < -0.3 is 0 Å². The van der Waals surface area contributed by atoms with Gasteiger partial charge in [0, 0.05) is 12.6 Å². The summed E-state index contributed by atoms with van der Waals surface area (Å²) in [4.78, 5) is 11.9. The van der Waals surface area contributed by atoms with E-state index in [9.17, 15) is 26.4 Å². The predicted molar refractivity (Wildman–Crippen MR) is 98.2 cm³/mol. The van der Waals surface area contributed by atoms with E-state index in [2.05, 4.69) is 5.10 Å². The van der Waals surface area contributed by atoms with Crippen LogP contribution in [0.1, 0.15) is 16.7 Å². The van der Waals surface area contributed by atoms with Gasteiger partial charge in [0.05, 0.1) is 23.2 Å². The summed E-state index contributed by atoms with van der Waals surface area (Å²) in [5.41, 5.74) is 1.79. The molecule has 0 aliphatic carbocycles. The fourth-order valence-corrected chi connectivity index (χ4v) is 3.38. The molecule has 6 nitrogen and oxygen atoms in total. The Bertz CT molecular complexity index is 972. The first-order chi connectivity index (χ1) is 13.0. The smallest absolute Gasteiger partial charge is 0.272 e. The summed E-state index contributed by atoms with van der Waals surface area (Å²) in [6.07, 6.45) is -3.70. The molecule has 0 bridgehead atoms. The molecule has 1 N–H and O–H groups in total. The number of rotatable bonds is 6. The van der Waals surface area contributed by atoms with Crippen LogP contribution in [-0.2, 0) is 21.0 Å². The van der Waals surface area contributed by atoms with Crippen LogP contribution >= 0.6 is 0 Å². The average Bonchev–Trinajstić information content (AvgIpc) is 2.61. The van der Waals surface area contributed by atoms with Gasteiger partial charge in [0.25, 0.3) is 5.91 Å². The van der Waals surface area contributed by atoms with Crippen molar-refractivity contribution < 1.29 is 26.4 Å². The van der Waals surface area contributed by atoms with Crippen molar-refractivity contribution in [3.05, 3.63) is 65.2 Å². The molecule has 0 unspecified atom stereocenters. The lowest BCUT2D eigenvalue weighted by Crippen LogP contribution is -2.36. The van der Waals surface area contributed by atoms with Crippen molar-refractivity contribution in [2.45, 2.75) is 18.0 Å². The topological polar surface area (TPSA) is 78.8 Å². The number of hydrogen-bond acceptors (Lipinski definition) is 4. The molecule has 0 saturated carbocycles. The van der Waals surface area contributed by atoms with E-state index < -0.39 is 34.2 Å². The molecule has 0 spiro atoms. The maximum atomic E-state index is 12.9. The molecule has 0 aliphatic rings. The van der Waals surface area contributed by atoms with Crippen molar-refractivity contribution in [3.8, 4) is 0 Å². The highest BCUT2D eigenvalue weighted by molar-refractivity contribution is 7.89. The van der Waals surface area contributed by atoms with Crippen LogP contribution < -0.4 is 5.43 Å². The standard InChI is InChI=1S/C18H18F3N3O3S/c1-13-7-9-15(10-8-13)28(26,27)24(2)12-17(25)23-22-11-14-5-3-4-6-16(14)18(19,20)21/h3-11H,12H2,1-2H3,(H,23,25)/b22-11+. The van der Waals surface area contributed by atoms with E-state index in [0.29, 0.717) is 0 Å². The van der Waals surface area contributed by atoms with E-state index in [1.165, 1.54) is 37.4 Å². The van der Waals surface area contributed by atoms with Gasteiger partial charge in [-0.05, 0) is 25.1 Å². The molecule has 0 fully saturated rings. The van der Waals surface area contributed by atoms with Crippen LogP contribution in [0.4, 0.5) is 13.2 Å². The largest absolute Gasteiger partial charge is 0.417 e. The van der Waals surface area contributed by atoms with Crippen LogP contribution in [0.25, 0.3) is 0 Å². The molecule has 28 heavy (non-hydrogen) atoms. The van der Waals surface area contributed by atoms with Gasteiger partial charge in [-0.25, -0.2) is 13.8 Å². The highest BCUT2D eigenvalue weighted by Gasteiger charge is 2.32. The van der Waals surface area contributed by atoms with Gasteiger partial charge >= 0.3 is 6.18 Å². The average molecular weight is 413 g/mol. The zero-order valence-electron chi connectivity index (χ0n) is 15.1. The SMILES string of the molecule is Cc1ccc(S(=O)(=O)N(C)CC(=O)N/N=C/c2ccccc2C(F)(F)F)cc1. The molecule has 0 atom stereocenters. The number of amides is 1. The third-order valence-corrected chi connectivity index (χ3v) is 5.57. The van der Waals surface area contributed by atoms with E-state index >= 15 is 0 Å². The van der Waals surface area contributed by atoms with Crippen LogP contribution in [0.3, 0.4) is 0 Å². The molecule has 2 rings (SSSR count). The number of aryl methyl sites for hydroxylation is 1. The molecule has 2 aromatic rings. The molecule has 150 valence electrons. The van der Waals surface area contributed by atoms with E-state index in [0.717, 1.165) is 22.1 Å². The Kier molecular flexibility index (Phi) is 6.57. The summed E-state index contributed by atoms with van der Waals surface area (Å²) in [6.45, 7) is 1.26. The van der Waals surface area contributed by atoms with E-state index in [1.807, 2.05) is 12.3 Å². The number of nitrogens with one attached hydrogen (secondary N) is 1. The lowest BCUT2D eigenvalue weighted by molar-refractivity contribution is -0.137. The molecule has 0 radical (unpaired) electrons. The maximum Gasteiger partial charge on any atom is 0.417 e. The van der Waals surface area contributed by atoms with Crippen LogP contribution in [0.5, 0.6) is 0 Å². The number of alkyl halides is 3. The van der Waals surface area contributed by atoms with Crippen molar-refractivity contribution in [3.63, 3.8) is 0 Å². The van der Waals surface area contributed by atoms with E-state index in [1.54, 1.807) is 12.1 Å². The Balaban J connectivity index is 2.03. The van der Waals surface area contributed by atoms with Crippen LogP contribution in [0.15, 0.2) is 58.5 Å². The van der Waals surface area contributed by atoms with Crippen molar-refractivity contribution in [1.82, 2.24) is 9.73 Å². The summed E-state index contributed by atoms with van der Waals surface area (Å²) in [6, 6.07) is 10.8. The highest BCUT2D eigenvalue weighted by Crippen LogP contribution is 2.31. The molecule has 2 aromatic carbocycles. The van der Waals surface area contributed by atoms with Crippen LogP contribution in [0, 0.1) is 6.92 Å². The van der Waals surface area contributed by atoms with Gasteiger partial charge in [-0.3, -0.25) is 4.79 Å². The molecule has 0 aliphatic heterocycles. The second-order valence-corrected chi connectivity index (χ2v) is 8.00. The lowest BCUT2D eigenvalue weighted by Gasteiger charge is -2.16. The van der Waals surface area contributed by atoms with Gasteiger partial charge in [-0.15, -0.1) is 0 Å². The summed E-state index contributed by atoms with van der Waals surface area (Å²) in [7, 11) is -2.66. The molecular formula is C18H18F3N3O3S. The number of carbonyl (C=O) groups excluding carboxylic acids is 1. The number of sulfonamides is 1. The lowest BCUT2D eigenvalue weighted by atomic mass is 10.1. The van der Waals surface area contributed by atoms with E-state index in [-0.39, 0.29) is 10.5 Å². The van der Waals surface area contributed by atoms with Crippen LogP contribution in [-0.4, -0.2) is 38.4 Å². The number of carbonyl (C=O) groups is 1. The van der Waals surface area contributed by atoms with Crippen molar-refractivity contribution in [2.24, 2.45) is 5.10 Å². The third-order valence-electron chi connectivity index (χ3n) is 3.75. The van der Waals surface area contributed by atoms with Gasteiger partial charge in [0.15, 0.2) is 0 Å². The first-order valence-corrected chi connectivity index (χ1v) is 9.47. The Morgan fingerprint density at radius 3 is 2.36 bits per heavy atom. The molecule has 0 saturated heterocycles. The summed E-state index contributed by atoms with van der Waals surface area (Å²) >= 11 is 0. The molecule has 0 heterocycles. The third kappa shape index (κ3) is 5.40. The molecule has 0 aromatic heterocycles. The maximum absolute atomic E-state index is 12.9. The Morgan fingerprint density at radius 1 is 1.14 bits per heavy atom. The Labute approximate surface area is 160 Å². The number of halogens is 3. The van der Waals surface area contributed by atoms with Gasteiger partial charge in [-0.2, -0.15) is 22.6 Å². The summed E-state index contributed by atoms with van der Waals surface area (Å²) in [5, 5.41) is 3.49. The second kappa shape index (κ2) is 8.53. The van der Waals surface area contributed by atoms with Crippen molar-refractivity contribution >= 4 is 22.1 Å². The number of hydrogen-bond donors (Lipinski definition) is 1. The van der Waals surface area contributed by atoms with Crippen molar-refractivity contribution in [1.29, 1.82) is 0 Å². The highest BCUT2D eigenvalue weighted by atomic mass is 32.2. The first-order valence-electron chi connectivity index (χ1n) is 8.03. The Hall–Kier alpha value is -2.72. The zero-order valence-corrected chi connectivity index (χ0v) is 15.9. The van der Waals surface area contributed by atoms with E-state index in [4.69, 9.17) is 0 Å². The minimum atomic E-state index is -4.56. The summed E-state index contributed by atoms with van der Waals surface area (Å²) < 4.78 is 64.4. The normalized spacial score (nSPS) is 12.5. The van der Waals surface area contributed by atoms with Crippen LogP contribution in [0.2, 0.25) is 0 Å². The first kappa shape index (κ1) is 21.6. The minimum absolute atomic E-state index is 0.0241. The monoisotopic (exact) mass is 413 g/mol. The quantitative estimate of drug-likeness (QED) is 0.584. The van der Waals surface area contributed by atoms with Crippen molar-refractivity contribution in [2.75, 3.05) is 13.6 Å². The number of hydrazone groups is 1. The number of nitrogens with zero attached hydrogens (tertiary/aromatic N) is 2. The van der Waals surface area contributed by atoms with Gasteiger partial charge in [0.2, 0.25) is 10.0 Å².